The molecule has 4 rings (SSSR count). The van der Waals surface area contributed by atoms with Crippen molar-refractivity contribution in [2.24, 2.45) is 0 Å². The fourth-order valence-corrected chi connectivity index (χ4v) is 4.42. The molecule has 1 amide bonds. The molecule has 0 spiro atoms. The van der Waals surface area contributed by atoms with Gasteiger partial charge in [-0.15, -0.1) is 0 Å². The minimum Gasteiger partial charge on any atom is -0.394 e. The number of likely N-dealkylation sites (tertiary alicyclic amines) is 1. The highest BCUT2D eigenvalue weighted by atomic mass is 16.3. The molecule has 7 heteroatoms. The van der Waals surface area contributed by atoms with Crippen LogP contribution in [0.25, 0.3) is 0 Å². The van der Waals surface area contributed by atoms with Gasteiger partial charge in [0.25, 0.3) is 5.91 Å². The van der Waals surface area contributed by atoms with E-state index in [9.17, 15) is 9.90 Å². The lowest BCUT2D eigenvalue weighted by Crippen LogP contribution is -2.48. The monoisotopic (exact) mass is 409 g/mol. The Hall–Kier alpha value is -2.51. The SMILES string of the molecule is CCC(CO)Nc1ncc(C(=O)N2CCC(N3CCc4ccccc4C3)CC2)cn1. The molecule has 1 atom stereocenters. The van der Waals surface area contributed by atoms with E-state index >= 15 is 0 Å². The number of aromatic nitrogens is 2. The number of aliphatic hydroxyl groups is 1. The number of aliphatic hydroxyl groups excluding tert-OH is 1. The molecule has 2 N–H and O–H groups in total. The molecule has 1 unspecified atom stereocenters. The van der Waals surface area contributed by atoms with Crippen molar-refractivity contribution in [2.45, 2.75) is 51.2 Å². The molecule has 2 aromatic rings. The van der Waals surface area contributed by atoms with Crippen molar-refractivity contribution < 1.29 is 9.90 Å². The third-order valence-corrected chi connectivity index (χ3v) is 6.37. The number of nitrogens with one attached hydrogen (secondary N) is 1. The largest absolute Gasteiger partial charge is 0.394 e. The smallest absolute Gasteiger partial charge is 0.256 e. The predicted octanol–water partition coefficient (Wildman–Crippen LogP) is 2.32. The Morgan fingerprint density at radius 1 is 1.17 bits per heavy atom. The molecular formula is C23H31N5O2. The molecule has 0 saturated carbocycles. The van der Waals surface area contributed by atoms with Crippen LogP contribution < -0.4 is 5.32 Å². The summed E-state index contributed by atoms with van der Waals surface area (Å²) in [5.74, 6) is 0.440. The topological polar surface area (TPSA) is 81.6 Å². The number of piperidine rings is 1. The first kappa shape index (κ1) is 20.8. The minimum absolute atomic E-state index is 0.00168. The van der Waals surface area contributed by atoms with Gasteiger partial charge in [-0.05, 0) is 36.8 Å². The van der Waals surface area contributed by atoms with Crippen molar-refractivity contribution in [2.75, 3.05) is 31.6 Å². The number of anilines is 1. The molecule has 160 valence electrons. The molecule has 0 bridgehead atoms. The summed E-state index contributed by atoms with van der Waals surface area (Å²) in [4.78, 5) is 25.9. The molecule has 3 heterocycles. The Labute approximate surface area is 178 Å². The fraction of sp³-hybridized carbons (Fsp3) is 0.522. The Morgan fingerprint density at radius 3 is 2.53 bits per heavy atom. The van der Waals surface area contributed by atoms with E-state index in [0.29, 0.717) is 17.6 Å². The molecule has 1 aromatic carbocycles. The molecule has 0 radical (unpaired) electrons. The lowest BCUT2D eigenvalue weighted by Gasteiger charge is -2.40. The van der Waals surface area contributed by atoms with Crippen molar-refractivity contribution in [3.8, 4) is 0 Å². The number of hydrogen-bond acceptors (Lipinski definition) is 6. The number of carbonyl (C=O) groups excluding carboxylic acids is 1. The van der Waals surface area contributed by atoms with E-state index < -0.39 is 0 Å². The minimum atomic E-state index is -0.0765. The molecule has 1 fully saturated rings. The predicted molar refractivity (Wildman–Crippen MR) is 116 cm³/mol. The van der Waals surface area contributed by atoms with Gasteiger partial charge in [-0.25, -0.2) is 9.97 Å². The van der Waals surface area contributed by atoms with Crippen LogP contribution >= 0.6 is 0 Å². The summed E-state index contributed by atoms with van der Waals surface area (Å²) < 4.78 is 0. The van der Waals surface area contributed by atoms with Crippen LogP contribution in [0, 0.1) is 0 Å². The Morgan fingerprint density at radius 2 is 1.87 bits per heavy atom. The normalized spacial score (nSPS) is 18.7. The molecule has 2 aliphatic rings. The second-order valence-electron chi connectivity index (χ2n) is 8.24. The van der Waals surface area contributed by atoms with Gasteiger partial charge in [0.1, 0.15) is 0 Å². The Kier molecular flexibility index (Phi) is 6.59. The lowest BCUT2D eigenvalue weighted by molar-refractivity contribution is 0.0598. The van der Waals surface area contributed by atoms with Crippen LogP contribution in [0.15, 0.2) is 36.7 Å². The van der Waals surface area contributed by atoms with Gasteiger partial charge in [-0.3, -0.25) is 9.69 Å². The van der Waals surface area contributed by atoms with Crippen LogP contribution in [-0.2, 0) is 13.0 Å². The zero-order valence-electron chi connectivity index (χ0n) is 17.6. The third kappa shape index (κ3) is 4.63. The molecular weight excluding hydrogens is 378 g/mol. The van der Waals surface area contributed by atoms with E-state index in [1.807, 2.05) is 11.8 Å². The van der Waals surface area contributed by atoms with Crippen LogP contribution in [0.3, 0.4) is 0 Å². The first-order valence-electron chi connectivity index (χ1n) is 11.0. The maximum atomic E-state index is 12.9. The van der Waals surface area contributed by atoms with E-state index in [2.05, 4.69) is 44.5 Å². The highest BCUT2D eigenvalue weighted by Gasteiger charge is 2.29. The summed E-state index contributed by atoms with van der Waals surface area (Å²) >= 11 is 0. The molecule has 30 heavy (non-hydrogen) atoms. The number of hydrogen-bond donors (Lipinski definition) is 2. The van der Waals surface area contributed by atoms with Crippen LogP contribution in [0.2, 0.25) is 0 Å². The van der Waals surface area contributed by atoms with Gasteiger partial charge < -0.3 is 15.3 Å². The number of amides is 1. The second kappa shape index (κ2) is 9.53. The zero-order chi connectivity index (χ0) is 20.9. The number of rotatable bonds is 6. The first-order valence-corrected chi connectivity index (χ1v) is 11.0. The van der Waals surface area contributed by atoms with Gasteiger partial charge in [-0.1, -0.05) is 31.2 Å². The van der Waals surface area contributed by atoms with Crippen LogP contribution in [-0.4, -0.2) is 69.1 Å². The summed E-state index contributed by atoms with van der Waals surface area (Å²) in [5, 5.41) is 12.4. The number of nitrogens with zero attached hydrogens (tertiary/aromatic N) is 4. The quantitative estimate of drug-likeness (QED) is 0.762. The fourth-order valence-electron chi connectivity index (χ4n) is 4.42. The maximum Gasteiger partial charge on any atom is 0.256 e. The van der Waals surface area contributed by atoms with Gasteiger partial charge in [0.15, 0.2) is 0 Å². The van der Waals surface area contributed by atoms with Gasteiger partial charge in [0, 0.05) is 44.6 Å². The molecule has 2 aliphatic heterocycles. The van der Waals surface area contributed by atoms with Crippen LogP contribution in [0.1, 0.15) is 47.7 Å². The average Bonchev–Trinajstić information content (AvgIpc) is 2.82. The summed E-state index contributed by atoms with van der Waals surface area (Å²) in [6.45, 7) is 5.67. The standard InChI is InChI=1S/C23H31N5O2/c1-2-20(16-29)26-23-24-13-19(14-25-23)22(30)27-11-8-21(9-12-27)28-10-7-17-5-3-4-6-18(17)15-28/h3-6,13-14,20-21,29H,2,7-12,15-16H2,1H3,(H,24,25,26). The molecule has 1 saturated heterocycles. The molecule has 1 aromatic heterocycles. The number of carbonyl (C=O) groups is 1. The maximum absolute atomic E-state index is 12.9. The van der Waals surface area contributed by atoms with Crippen LogP contribution in [0.5, 0.6) is 0 Å². The Bertz CT molecular complexity index is 845. The lowest BCUT2D eigenvalue weighted by atomic mass is 9.95. The van der Waals surface area contributed by atoms with E-state index in [0.717, 1.165) is 51.9 Å². The van der Waals surface area contributed by atoms with Gasteiger partial charge in [0.05, 0.1) is 18.2 Å². The summed E-state index contributed by atoms with van der Waals surface area (Å²) in [6.07, 6.45) is 7.05. The molecule has 0 aliphatic carbocycles. The number of benzene rings is 1. The van der Waals surface area contributed by atoms with Crippen molar-refractivity contribution in [3.05, 3.63) is 53.3 Å². The molecule has 7 nitrogen and oxygen atoms in total. The second-order valence-corrected chi connectivity index (χ2v) is 8.24. The van der Waals surface area contributed by atoms with E-state index in [-0.39, 0.29) is 18.6 Å². The summed E-state index contributed by atoms with van der Waals surface area (Å²) in [5.41, 5.74) is 3.44. The zero-order valence-corrected chi connectivity index (χ0v) is 17.6. The first-order chi connectivity index (χ1) is 14.7. The summed E-state index contributed by atoms with van der Waals surface area (Å²) in [6, 6.07) is 9.19. The average molecular weight is 410 g/mol. The highest BCUT2D eigenvalue weighted by molar-refractivity contribution is 5.93. The van der Waals surface area contributed by atoms with Gasteiger partial charge in [-0.2, -0.15) is 0 Å². The number of fused-ring (bicyclic) bond motifs is 1. The third-order valence-electron chi connectivity index (χ3n) is 6.37. The van der Waals surface area contributed by atoms with Gasteiger partial charge >= 0.3 is 0 Å². The van der Waals surface area contributed by atoms with E-state index in [4.69, 9.17) is 0 Å². The Balaban J connectivity index is 1.30. The van der Waals surface area contributed by atoms with Gasteiger partial charge in [0.2, 0.25) is 5.95 Å². The van der Waals surface area contributed by atoms with Crippen molar-refractivity contribution in [1.82, 2.24) is 19.8 Å². The van der Waals surface area contributed by atoms with Crippen molar-refractivity contribution in [3.63, 3.8) is 0 Å². The highest BCUT2D eigenvalue weighted by Crippen LogP contribution is 2.25. The van der Waals surface area contributed by atoms with E-state index in [1.54, 1.807) is 12.4 Å². The summed E-state index contributed by atoms with van der Waals surface area (Å²) in [7, 11) is 0. The van der Waals surface area contributed by atoms with Crippen LogP contribution in [0.4, 0.5) is 5.95 Å². The van der Waals surface area contributed by atoms with Crippen molar-refractivity contribution >= 4 is 11.9 Å². The van der Waals surface area contributed by atoms with E-state index in [1.165, 1.54) is 11.1 Å². The van der Waals surface area contributed by atoms with Crippen molar-refractivity contribution in [1.29, 1.82) is 0 Å².